The van der Waals surface area contributed by atoms with Gasteiger partial charge in [-0.05, 0) is 32.0 Å². The van der Waals surface area contributed by atoms with Crippen molar-refractivity contribution in [3.05, 3.63) is 57.4 Å². The van der Waals surface area contributed by atoms with Gasteiger partial charge in [-0.3, -0.25) is 14.9 Å². The molecule has 0 bridgehead atoms. The molecule has 2 heterocycles. The number of rotatable bonds is 3. The minimum absolute atomic E-state index is 0.0737. The van der Waals surface area contributed by atoms with Crippen molar-refractivity contribution in [2.24, 2.45) is 7.05 Å². The van der Waals surface area contributed by atoms with Crippen LogP contribution in [0.4, 0.5) is 11.4 Å². The number of amides is 1. The van der Waals surface area contributed by atoms with Crippen LogP contribution in [0.3, 0.4) is 0 Å². The number of nitro benzene ring substituents is 1. The molecule has 1 aliphatic heterocycles. The zero-order valence-electron chi connectivity index (χ0n) is 14.7. The first kappa shape index (κ1) is 17.0. The van der Waals surface area contributed by atoms with Gasteiger partial charge in [-0.1, -0.05) is 0 Å². The van der Waals surface area contributed by atoms with Crippen LogP contribution in [0.1, 0.15) is 21.7 Å². The number of non-ortho nitro benzene ring substituents is 1. The molecule has 1 fully saturated rings. The molecule has 0 N–H and O–H groups in total. The highest BCUT2D eigenvalue weighted by Gasteiger charge is 2.25. The van der Waals surface area contributed by atoms with E-state index in [4.69, 9.17) is 0 Å². The van der Waals surface area contributed by atoms with Crippen molar-refractivity contribution in [3.63, 3.8) is 0 Å². The minimum atomic E-state index is -0.398. The lowest BCUT2D eigenvalue weighted by Gasteiger charge is -2.36. The van der Waals surface area contributed by atoms with Crippen molar-refractivity contribution in [1.29, 1.82) is 0 Å². The topological polar surface area (TPSA) is 71.6 Å². The average Bonchev–Trinajstić information content (AvgIpc) is 2.89. The normalized spacial score (nSPS) is 14.7. The standard InChI is InChI=1S/C18H22N4O3/c1-13-12-17(14(2)19(13)3)18(23)21-10-8-20(9-11-21)15-4-6-16(7-5-15)22(24)25/h4-7,12H,8-11H2,1-3H3. The molecule has 0 spiro atoms. The van der Waals surface area contributed by atoms with Gasteiger partial charge in [0.05, 0.1) is 10.5 Å². The SMILES string of the molecule is Cc1cc(C(=O)N2CCN(c3ccc([N+](=O)[O-])cc3)CC2)c(C)n1C. The molecule has 7 nitrogen and oxygen atoms in total. The number of aryl methyl sites for hydroxylation is 1. The van der Waals surface area contributed by atoms with E-state index in [0.717, 1.165) is 22.6 Å². The van der Waals surface area contributed by atoms with Crippen LogP contribution in [0.25, 0.3) is 0 Å². The summed E-state index contributed by atoms with van der Waals surface area (Å²) in [5.74, 6) is 0.0737. The van der Waals surface area contributed by atoms with E-state index in [1.807, 2.05) is 36.4 Å². The Morgan fingerprint density at radius 3 is 2.16 bits per heavy atom. The molecule has 132 valence electrons. The van der Waals surface area contributed by atoms with E-state index in [1.54, 1.807) is 12.1 Å². The first-order valence-electron chi connectivity index (χ1n) is 8.30. The number of aromatic nitrogens is 1. The van der Waals surface area contributed by atoms with Gasteiger partial charge in [0.15, 0.2) is 0 Å². The first-order chi connectivity index (χ1) is 11.9. The van der Waals surface area contributed by atoms with Crippen LogP contribution in [0.15, 0.2) is 30.3 Å². The van der Waals surface area contributed by atoms with E-state index in [-0.39, 0.29) is 11.6 Å². The second kappa shape index (κ2) is 6.58. The molecule has 2 aromatic rings. The number of carbonyl (C=O) groups is 1. The Bertz CT molecular complexity index is 802. The van der Waals surface area contributed by atoms with Crippen LogP contribution in [-0.4, -0.2) is 46.5 Å². The lowest BCUT2D eigenvalue weighted by molar-refractivity contribution is -0.384. The maximum absolute atomic E-state index is 12.8. The van der Waals surface area contributed by atoms with Crippen molar-refractivity contribution < 1.29 is 9.72 Å². The van der Waals surface area contributed by atoms with Gasteiger partial charge in [0.25, 0.3) is 11.6 Å². The summed E-state index contributed by atoms with van der Waals surface area (Å²) in [6.45, 7) is 6.68. The van der Waals surface area contributed by atoms with Crippen LogP contribution in [0, 0.1) is 24.0 Å². The van der Waals surface area contributed by atoms with Crippen LogP contribution in [0.2, 0.25) is 0 Å². The van der Waals surface area contributed by atoms with Gasteiger partial charge < -0.3 is 14.4 Å². The van der Waals surface area contributed by atoms with Gasteiger partial charge in [0, 0.05) is 62.4 Å². The predicted molar refractivity (Wildman–Crippen MR) is 96.1 cm³/mol. The number of carbonyl (C=O) groups excluding carboxylic acids is 1. The Labute approximate surface area is 146 Å². The summed E-state index contributed by atoms with van der Waals surface area (Å²) in [6.07, 6.45) is 0. The van der Waals surface area contributed by atoms with E-state index >= 15 is 0 Å². The van der Waals surface area contributed by atoms with Gasteiger partial charge in [-0.2, -0.15) is 0 Å². The summed E-state index contributed by atoms with van der Waals surface area (Å²) < 4.78 is 2.03. The number of anilines is 1. The number of piperazine rings is 1. The maximum atomic E-state index is 12.8. The maximum Gasteiger partial charge on any atom is 0.269 e. The van der Waals surface area contributed by atoms with Crippen LogP contribution in [-0.2, 0) is 7.05 Å². The molecular weight excluding hydrogens is 320 g/mol. The summed E-state index contributed by atoms with van der Waals surface area (Å²) in [6, 6.07) is 8.51. The van der Waals surface area contributed by atoms with Gasteiger partial charge in [0.1, 0.15) is 0 Å². The van der Waals surface area contributed by atoms with E-state index in [2.05, 4.69) is 4.90 Å². The second-order valence-electron chi connectivity index (χ2n) is 6.40. The van der Waals surface area contributed by atoms with Crippen LogP contribution < -0.4 is 4.90 Å². The number of nitrogens with zero attached hydrogens (tertiary/aromatic N) is 4. The number of nitro groups is 1. The molecule has 1 amide bonds. The lowest BCUT2D eigenvalue weighted by Crippen LogP contribution is -2.48. The van der Waals surface area contributed by atoms with Crippen molar-refractivity contribution in [1.82, 2.24) is 9.47 Å². The number of benzene rings is 1. The van der Waals surface area contributed by atoms with Crippen LogP contribution in [0.5, 0.6) is 0 Å². The van der Waals surface area contributed by atoms with Crippen molar-refractivity contribution >= 4 is 17.3 Å². The molecule has 1 aliphatic rings. The Morgan fingerprint density at radius 2 is 1.68 bits per heavy atom. The van der Waals surface area contributed by atoms with Gasteiger partial charge in [-0.15, -0.1) is 0 Å². The van der Waals surface area contributed by atoms with Crippen molar-refractivity contribution in [2.75, 3.05) is 31.1 Å². The van der Waals surface area contributed by atoms with E-state index < -0.39 is 4.92 Å². The third-order valence-electron chi connectivity index (χ3n) is 5.00. The molecule has 0 unspecified atom stereocenters. The summed E-state index contributed by atoms with van der Waals surface area (Å²) in [5.41, 5.74) is 3.87. The third kappa shape index (κ3) is 3.22. The monoisotopic (exact) mass is 342 g/mol. The molecule has 25 heavy (non-hydrogen) atoms. The summed E-state index contributed by atoms with van der Waals surface area (Å²) >= 11 is 0. The molecule has 0 aliphatic carbocycles. The summed E-state index contributed by atoms with van der Waals surface area (Å²) in [5, 5.41) is 10.7. The molecular formula is C18H22N4O3. The number of hydrogen-bond acceptors (Lipinski definition) is 4. The fourth-order valence-electron chi connectivity index (χ4n) is 3.20. The fraction of sp³-hybridized carbons (Fsp3) is 0.389. The summed E-state index contributed by atoms with van der Waals surface area (Å²) in [7, 11) is 1.97. The molecule has 1 aromatic carbocycles. The smallest absolute Gasteiger partial charge is 0.269 e. The predicted octanol–water partition coefficient (Wildman–Crippen LogP) is 2.51. The average molecular weight is 342 g/mol. The van der Waals surface area contributed by atoms with E-state index in [0.29, 0.717) is 26.2 Å². The zero-order valence-corrected chi connectivity index (χ0v) is 14.7. The molecule has 0 radical (unpaired) electrons. The molecule has 7 heteroatoms. The molecule has 3 rings (SSSR count). The highest BCUT2D eigenvalue weighted by Crippen LogP contribution is 2.22. The minimum Gasteiger partial charge on any atom is -0.368 e. The van der Waals surface area contributed by atoms with Gasteiger partial charge in [0.2, 0.25) is 0 Å². The molecule has 1 saturated heterocycles. The van der Waals surface area contributed by atoms with Gasteiger partial charge in [-0.25, -0.2) is 0 Å². The highest BCUT2D eigenvalue weighted by molar-refractivity contribution is 5.95. The summed E-state index contributed by atoms with van der Waals surface area (Å²) in [4.78, 5) is 27.1. The Balaban J connectivity index is 1.66. The largest absolute Gasteiger partial charge is 0.368 e. The first-order valence-corrected chi connectivity index (χ1v) is 8.30. The Kier molecular flexibility index (Phi) is 4.48. The quantitative estimate of drug-likeness (QED) is 0.635. The third-order valence-corrected chi connectivity index (χ3v) is 5.00. The lowest BCUT2D eigenvalue weighted by atomic mass is 10.2. The fourth-order valence-corrected chi connectivity index (χ4v) is 3.20. The molecule has 0 atom stereocenters. The Morgan fingerprint density at radius 1 is 1.08 bits per heavy atom. The second-order valence-corrected chi connectivity index (χ2v) is 6.40. The van der Waals surface area contributed by atoms with Crippen molar-refractivity contribution in [2.45, 2.75) is 13.8 Å². The Hall–Kier alpha value is -2.83. The van der Waals surface area contributed by atoms with Crippen molar-refractivity contribution in [3.8, 4) is 0 Å². The van der Waals surface area contributed by atoms with Crippen LogP contribution >= 0.6 is 0 Å². The molecule has 1 aromatic heterocycles. The van der Waals surface area contributed by atoms with E-state index in [9.17, 15) is 14.9 Å². The zero-order chi connectivity index (χ0) is 18.1. The highest BCUT2D eigenvalue weighted by atomic mass is 16.6. The van der Waals surface area contributed by atoms with E-state index in [1.165, 1.54) is 12.1 Å². The molecule has 0 saturated carbocycles. The number of hydrogen-bond donors (Lipinski definition) is 0. The van der Waals surface area contributed by atoms with Gasteiger partial charge >= 0.3 is 0 Å².